The number of non-ortho nitro benzene ring substituents is 1. The van der Waals surface area contributed by atoms with Crippen LogP contribution in [0, 0.1) is 10.1 Å². The van der Waals surface area contributed by atoms with Gasteiger partial charge < -0.3 is 5.73 Å². The molecular weight excluding hydrogens is 340 g/mol. The molecule has 0 saturated heterocycles. The van der Waals surface area contributed by atoms with Crippen LogP contribution >= 0.6 is 35.3 Å². The van der Waals surface area contributed by atoms with E-state index in [1.54, 1.807) is 29.2 Å². The van der Waals surface area contributed by atoms with E-state index in [0.717, 1.165) is 10.6 Å². The van der Waals surface area contributed by atoms with E-state index in [9.17, 15) is 10.1 Å². The fourth-order valence-electron chi connectivity index (χ4n) is 1.59. The number of nitro groups is 1. The third-order valence-electron chi connectivity index (χ3n) is 2.53. The van der Waals surface area contributed by atoms with Crippen molar-refractivity contribution in [3.63, 3.8) is 0 Å². The minimum Gasteiger partial charge on any atom is -0.375 e. The van der Waals surface area contributed by atoms with E-state index in [1.807, 2.05) is 17.5 Å². The molecule has 3 N–H and O–H groups in total. The number of nitro benzene ring substituents is 1. The highest BCUT2D eigenvalue weighted by Crippen LogP contribution is 2.29. The molecule has 0 saturated carbocycles. The molecule has 0 bridgehead atoms. The Kier molecular flexibility index (Phi) is 5.87. The maximum absolute atomic E-state index is 10.9. The molecule has 2 rings (SSSR count). The molecule has 1 aromatic carbocycles. The van der Waals surface area contributed by atoms with Crippen LogP contribution in [0.2, 0.25) is 0 Å². The molecule has 0 aliphatic carbocycles. The number of thiocarbonyl (C=S) groups is 1. The molecule has 0 unspecified atom stereocenters. The standard InChI is InChI=1S/C13H12N4O2S3/c14-13(20)16-15-7-9-6-10(17(18)19)3-4-12(9)22-8-11-2-1-5-21-11/h1-7H,8H2,(H3,14,16,20)/b15-7+. The van der Waals surface area contributed by atoms with Gasteiger partial charge in [-0.2, -0.15) is 5.10 Å². The first-order valence-electron chi connectivity index (χ1n) is 6.08. The summed E-state index contributed by atoms with van der Waals surface area (Å²) in [6, 6.07) is 8.71. The van der Waals surface area contributed by atoms with E-state index in [4.69, 9.17) is 5.73 Å². The Bertz CT molecular complexity index is 701. The first kappa shape index (κ1) is 16.4. The molecular formula is C13H12N4O2S3. The zero-order chi connectivity index (χ0) is 15.9. The normalized spacial score (nSPS) is 10.7. The first-order valence-corrected chi connectivity index (χ1v) is 8.36. The zero-order valence-electron chi connectivity index (χ0n) is 11.3. The number of hydrogen-bond donors (Lipinski definition) is 2. The Morgan fingerprint density at radius 1 is 1.55 bits per heavy atom. The molecule has 0 fully saturated rings. The minimum absolute atomic E-state index is 0.0113. The van der Waals surface area contributed by atoms with Crippen molar-refractivity contribution in [3.8, 4) is 0 Å². The zero-order valence-corrected chi connectivity index (χ0v) is 13.7. The molecule has 0 atom stereocenters. The average molecular weight is 352 g/mol. The van der Waals surface area contributed by atoms with Crippen molar-refractivity contribution < 1.29 is 4.92 Å². The highest BCUT2D eigenvalue weighted by Gasteiger charge is 2.10. The fourth-order valence-corrected chi connectivity index (χ4v) is 3.42. The average Bonchev–Trinajstić information content (AvgIpc) is 2.98. The number of hydrogen-bond acceptors (Lipinski definition) is 6. The number of hydrazone groups is 1. The van der Waals surface area contributed by atoms with Crippen molar-refractivity contribution in [2.24, 2.45) is 10.8 Å². The van der Waals surface area contributed by atoms with E-state index < -0.39 is 4.92 Å². The monoisotopic (exact) mass is 352 g/mol. The quantitative estimate of drug-likeness (QED) is 0.273. The van der Waals surface area contributed by atoms with E-state index in [-0.39, 0.29) is 10.8 Å². The summed E-state index contributed by atoms with van der Waals surface area (Å²) < 4.78 is 0. The van der Waals surface area contributed by atoms with Gasteiger partial charge in [0, 0.05) is 33.2 Å². The summed E-state index contributed by atoms with van der Waals surface area (Å²) in [6.45, 7) is 0. The molecule has 2 aromatic rings. The van der Waals surface area contributed by atoms with Crippen LogP contribution in [-0.2, 0) is 5.75 Å². The Hall–Kier alpha value is -1.97. The highest BCUT2D eigenvalue weighted by atomic mass is 32.2. The lowest BCUT2D eigenvalue weighted by atomic mass is 10.2. The van der Waals surface area contributed by atoms with Gasteiger partial charge in [0.1, 0.15) is 0 Å². The van der Waals surface area contributed by atoms with Gasteiger partial charge >= 0.3 is 0 Å². The molecule has 0 amide bonds. The number of benzene rings is 1. The molecule has 22 heavy (non-hydrogen) atoms. The SMILES string of the molecule is NC(=S)N/N=C/c1cc([N+](=O)[O-])ccc1SCc1cccs1. The smallest absolute Gasteiger partial charge is 0.270 e. The summed E-state index contributed by atoms with van der Waals surface area (Å²) in [5, 5.41) is 16.8. The predicted molar refractivity (Wildman–Crippen MR) is 94.5 cm³/mol. The second kappa shape index (κ2) is 7.87. The fraction of sp³-hybridized carbons (Fsp3) is 0.0769. The Morgan fingerprint density at radius 2 is 2.36 bits per heavy atom. The van der Waals surface area contributed by atoms with Gasteiger partial charge in [0.05, 0.1) is 11.1 Å². The van der Waals surface area contributed by atoms with Gasteiger partial charge in [-0.25, -0.2) is 0 Å². The topological polar surface area (TPSA) is 93.5 Å². The Labute approximate surface area is 140 Å². The number of nitrogens with one attached hydrogen (secondary N) is 1. The van der Waals surface area contributed by atoms with Gasteiger partial charge in [-0.3, -0.25) is 15.5 Å². The van der Waals surface area contributed by atoms with E-state index in [1.165, 1.54) is 23.2 Å². The molecule has 1 heterocycles. The number of thiophene rings is 1. The van der Waals surface area contributed by atoms with Crippen LogP contribution in [0.15, 0.2) is 45.7 Å². The molecule has 114 valence electrons. The summed E-state index contributed by atoms with van der Waals surface area (Å²) in [5.74, 6) is 0.791. The van der Waals surface area contributed by atoms with Crippen molar-refractivity contribution >= 4 is 52.3 Å². The molecule has 0 aliphatic heterocycles. The van der Waals surface area contributed by atoms with Crippen LogP contribution in [0.5, 0.6) is 0 Å². The second-order valence-electron chi connectivity index (χ2n) is 4.08. The third kappa shape index (κ3) is 4.79. The van der Waals surface area contributed by atoms with Crippen molar-refractivity contribution in [2.75, 3.05) is 0 Å². The third-order valence-corrected chi connectivity index (χ3v) is 4.82. The van der Waals surface area contributed by atoms with Gasteiger partial charge in [0.25, 0.3) is 5.69 Å². The maximum atomic E-state index is 10.9. The van der Waals surface area contributed by atoms with Crippen molar-refractivity contribution in [1.29, 1.82) is 0 Å². The van der Waals surface area contributed by atoms with Crippen LogP contribution in [0.4, 0.5) is 5.69 Å². The second-order valence-corrected chi connectivity index (χ2v) is 6.57. The summed E-state index contributed by atoms with van der Waals surface area (Å²) in [4.78, 5) is 12.6. The highest BCUT2D eigenvalue weighted by molar-refractivity contribution is 7.98. The number of nitrogens with zero attached hydrogens (tertiary/aromatic N) is 2. The van der Waals surface area contributed by atoms with Crippen LogP contribution in [0.25, 0.3) is 0 Å². The molecule has 0 aliphatic rings. The van der Waals surface area contributed by atoms with Gasteiger partial charge in [0.15, 0.2) is 5.11 Å². The molecule has 0 radical (unpaired) electrons. The number of nitrogens with two attached hydrogens (primary N) is 1. The largest absolute Gasteiger partial charge is 0.375 e. The lowest BCUT2D eigenvalue weighted by Gasteiger charge is -2.05. The number of thioether (sulfide) groups is 1. The summed E-state index contributed by atoms with van der Waals surface area (Å²) >= 11 is 7.92. The van der Waals surface area contributed by atoms with Crippen molar-refractivity contribution in [1.82, 2.24) is 5.43 Å². The van der Waals surface area contributed by atoms with Crippen LogP contribution in [0.1, 0.15) is 10.4 Å². The summed E-state index contributed by atoms with van der Waals surface area (Å²) in [7, 11) is 0. The molecule has 9 heteroatoms. The van der Waals surface area contributed by atoms with Gasteiger partial charge in [-0.1, -0.05) is 6.07 Å². The van der Waals surface area contributed by atoms with Crippen LogP contribution in [-0.4, -0.2) is 16.3 Å². The minimum atomic E-state index is -0.438. The lowest BCUT2D eigenvalue weighted by molar-refractivity contribution is -0.384. The number of rotatable bonds is 6. The van der Waals surface area contributed by atoms with Crippen LogP contribution in [0.3, 0.4) is 0 Å². The van der Waals surface area contributed by atoms with E-state index in [0.29, 0.717) is 5.56 Å². The van der Waals surface area contributed by atoms with Crippen molar-refractivity contribution in [2.45, 2.75) is 10.6 Å². The van der Waals surface area contributed by atoms with Gasteiger partial charge in [-0.05, 0) is 29.7 Å². The summed E-state index contributed by atoms with van der Waals surface area (Å²) in [5.41, 5.74) is 8.38. The Balaban J connectivity index is 2.20. The molecule has 6 nitrogen and oxygen atoms in total. The van der Waals surface area contributed by atoms with Crippen LogP contribution < -0.4 is 11.2 Å². The molecule has 0 spiro atoms. The molecule has 1 aromatic heterocycles. The Morgan fingerprint density at radius 3 is 3.00 bits per heavy atom. The first-order chi connectivity index (χ1) is 10.6. The maximum Gasteiger partial charge on any atom is 0.270 e. The van der Waals surface area contributed by atoms with Gasteiger partial charge in [-0.15, -0.1) is 23.1 Å². The van der Waals surface area contributed by atoms with E-state index in [2.05, 4.69) is 22.7 Å². The van der Waals surface area contributed by atoms with Crippen molar-refractivity contribution in [3.05, 3.63) is 56.3 Å². The predicted octanol–water partition coefficient (Wildman–Crippen LogP) is 3.12. The summed E-state index contributed by atoms with van der Waals surface area (Å²) in [6.07, 6.45) is 1.48. The van der Waals surface area contributed by atoms with Gasteiger partial charge in [0.2, 0.25) is 0 Å². The lowest BCUT2D eigenvalue weighted by Crippen LogP contribution is -2.24. The van der Waals surface area contributed by atoms with E-state index >= 15 is 0 Å².